The minimum Gasteiger partial charge on any atom is -0.299 e. The van der Waals surface area contributed by atoms with E-state index in [2.05, 4.69) is 54.7 Å². The zero-order valence-electron chi connectivity index (χ0n) is 18.8. The molecule has 3 aromatic rings. The summed E-state index contributed by atoms with van der Waals surface area (Å²) in [5, 5.41) is 17.4. The van der Waals surface area contributed by atoms with E-state index in [-0.39, 0.29) is 6.04 Å². The second kappa shape index (κ2) is 10.4. The summed E-state index contributed by atoms with van der Waals surface area (Å²) in [6.07, 6.45) is 11.3. The molecule has 8 heteroatoms. The van der Waals surface area contributed by atoms with Crippen molar-refractivity contribution >= 4 is 0 Å². The van der Waals surface area contributed by atoms with Gasteiger partial charge < -0.3 is 0 Å². The van der Waals surface area contributed by atoms with Crippen molar-refractivity contribution in [3.8, 4) is 0 Å². The van der Waals surface area contributed by atoms with E-state index in [0.29, 0.717) is 6.54 Å². The number of aromatic nitrogens is 6. The fraction of sp³-hybridized carbons (Fsp3) is 0.583. The molecule has 170 valence electrons. The Kier molecular flexibility index (Phi) is 6.89. The lowest BCUT2D eigenvalue weighted by molar-refractivity contribution is 0.122. The molecule has 1 aliphatic heterocycles. The van der Waals surface area contributed by atoms with Crippen LogP contribution in [0.15, 0.2) is 48.8 Å². The van der Waals surface area contributed by atoms with Gasteiger partial charge in [-0.1, -0.05) is 36.8 Å². The maximum Gasteiger partial charge on any atom is 0.168 e. The van der Waals surface area contributed by atoms with E-state index in [9.17, 15) is 0 Å². The molecule has 2 aromatic heterocycles. The summed E-state index contributed by atoms with van der Waals surface area (Å²) in [6, 6.07) is 13.5. The third-order valence-corrected chi connectivity index (χ3v) is 7.05. The van der Waals surface area contributed by atoms with Crippen molar-refractivity contribution in [1.29, 1.82) is 0 Å². The molecule has 1 saturated heterocycles. The highest BCUT2D eigenvalue weighted by molar-refractivity contribution is 5.15. The Morgan fingerprint density at radius 2 is 1.88 bits per heavy atom. The summed E-state index contributed by atoms with van der Waals surface area (Å²) in [6.45, 7) is 6.19. The smallest absolute Gasteiger partial charge is 0.168 e. The van der Waals surface area contributed by atoms with Gasteiger partial charge in [0, 0.05) is 44.6 Å². The molecule has 5 rings (SSSR count). The normalized spacial score (nSPS) is 19.5. The van der Waals surface area contributed by atoms with Crippen molar-refractivity contribution in [2.24, 2.45) is 0 Å². The second-order valence-corrected chi connectivity index (χ2v) is 9.12. The van der Waals surface area contributed by atoms with E-state index < -0.39 is 0 Å². The van der Waals surface area contributed by atoms with E-state index in [0.717, 1.165) is 50.9 Å². The van der Waals surface area contributed by atoms with E-state index in [1.807, 2.05) is 33.9 Å². The molecule has 3 heterocycles. The van der Waals surface area contributed by atoms with Crippen LogP contribution in [0.25, 0.3) is 0 Å². The summed E-state index contributed by atoms with van der Waals surface area (Å²) in [5.41, 5.74) is 1.23. The monoisotopic (exact) mass is 434 g/mol. The number of tetrazole rings is 1. The van der Waals surface area contributed by atoms with Crippen molar-refractivity contribution in [3.05, 3.63) is 60.2 Å². The van der Waals surface area contributed by atoms with Gasteiger partial charge in [-0.15, -0.1) is 5.10 Å². The molecule has 0 radical (unpaired) electrons. The molecule has 1 aliphatic carbocycles. The Morgan fingerprint density at radius 3 is 2.66 bits per heavy atom. The predicted octanol–water partition coefficient (Wildman–Crippen LogP) is 3.00. The Morgan fingerprint density at radius 1 is 0.969 bits per heavy atom. The SMILES string of the molecule is c1ccc(Cn2nnnc2C(CCCn2cccn2)N2CCCN(C3CCC3)CC2)cc1. The third kappa shape index (κ3) is 5.07. The Hall–Kier alpha value is -2.58. The topological polar surface area (TPSA) is 67.9 Å². The molecule has 1 aromatic carbocycles. The summed E-state index contributed by atoms with van der Waals surface area (Å²) in [5.74, 6) is 0.992. The Balaban J connectivity index is 1.32. The maximum absolute atomic E-state index is 4.54. The van der Waals surface area contributed by atoms with E-state index in [4.69, 9.17) is 0 Å². The van der Waals surface area contributed by atoms with Gasteiger partial charge in [0.15, 0.2) is 5.82 Å². The lowest BCUT2D eigenvalue weighted by Gasteiger charge is -2.37. The molecule has 32 heavy (non-hydrogen) atoms. The number of hydrogen-bond acceptors (Lipinski definition) is 6. The number of benzene rings is 1. The fourth-order valence-corrected chi connectivity index (χ4v) is 5.06. The van der Waals surface area contributed by atoms with Gasteiger partial charge in [-0.3, -0.25) is 14.5 Å². The molecule has 0 N–H and O–H groups in total. The van der Waals surface area contributed by atoms with Crippen molar-refractivity contribution in [1.82, 2.24) is 39.8 Å². The molecule has 1 saturated carbocycles. The Bertz CT molecular complexity index is 934. The molecule has 8 nitrogen and oxygen atoms in total. The van der Waals surface area contributed by atoms with Gasteiger partial charge in [0.2, 0.25) is 0 Å². The maximum atomic E-state index is 4.54. The van der Waals surface area contributed by atoms with E-state index in [1.54, 1.807) is 0 Å². The van der Waals surface area contributed by atoms with E-state index >= 15 is 0 Å². The average molecular weight is 435 g/mol. The Labute approximate surface area is 190 Å². The van der Waals surface area contributed by atoms with Crippen molar-refractivity contribution in [2.45, 2.75) is 63.7 Å². The predicted molar refractivity (Wildman–Crippen MR) is 123 cm³/mol. The van der Waals surface area contributed by atoms with Crippen LogP contribution in [0.5, 0.6) is 0 Å². The lowest BCUT2D eigenvalue weighted by atomic mass is 9.91. The third-order valence-electron chi connectivity index (χ3n) is 7.05. The molecular formula is C24H34N8. The van der Waals surface area contributed by atoms with Gasteiger partial charge in [-0.25, -0.2) is 4.68 Å². The van der Waals surface area contributed by atoms with E-state index in [1.165, 1.54) is 37.8 Å². The van der Waals surface area contributed by atoms with Crippen molar-refractivity contribution < 1.29 is 0 Å². The second-order valence-electron chi connectivity index (χ2n) is 9.12. The van der Waals surface area contributed by atoms with Crippen LogP contribution in [-0.2, 0) is 13.1 Å². The molecule has 2 aliphatic rings. The van der Waals surface area contributed by atoms with Crippen LogP contribution in [0.1, 0.15) is 56.0 Å². The first-order valence-corrected chi connectivity index (χ1v) is 12.1. The first kappa shape index (κ1) is 21.3. The summed E-state index contributed by atoms with van der Waals surface area (Å²) < 4.78 is 4.02. The molecule has 1 atom stereocenters. The number of nitrogens with zero attached hydrogens (tertiary/aromatic N) is 8. The lowest BCUT2D eigenvalue weighted by Crippen LogP contribution is -2.42. The summed E-state index contributed by atoms with van der Waals surface area (Å²) in [4.78, 5) is 5.35. The number of hydrogen-bond donors (Lipinski definition) is 0. The van der Waals surface area contributed by atoms with Crippen molar-refractivity contribution in [2.75, 3.05) is 26.2 Å². The van der Waals surface area contributed by atoms with Crippen LogP contribution < -0.4 is 0 Å². The fourth-order valence-electron chi connectivity index (χ4n) is 5.06. The number of aryl methyl sites for hydroxylation is 1. The summed E-state index contributed by atoms with van der Waals surface area (Å²) in [7, 11) is 0. The molecular weight excluding hydrogens is 400 g/mol. The van der Waals surface area contributed by atoms with Gasteiger partial charge in [-0.2, -0.15) is 5.10 Å². The van der Waals surface area contributed by atoms with Gasteiger partial charge in [-0.05, 0) is 60.7 Å². The van der Waals surface area contributed by atoms with Crippen LogP contribution in [-0.4, -0.2) is 72.0 Å². The standard InChI is InChI=1S/C24H34N8/c1-2-8-21(9-3-1)20-32-24(26-27-28-32)23(12-5-16-31-17-6-13-25-31)30-15-7-14-29(18-19-30)22-10-4-11-22/h1-3,6,8-9,13,17,22-23H,4-5,7,10-12,14-16,18-20H2. The van der Waals surface area contributed by atoms with Crippen molar-refractivity contribution in [3.63, 3.8) is 0 Å². The average Bonchev–Trinajstić information content (AvgIpc) is 3.40. The largest absolute Gasteiger partial charge is 0.299 e. The highest BCUT2D eigenvalue weighted by Gasteiger charge is 2.31. The number of rotatable bonds is 9. The highest BCUT2D eigenvalue weighted by Crippen LogP contribution is 2.29. The quantitative estimate of drug-likeness (QED) is 0.516. The van der Waals surface area contributed by atoms with Gasteiger partial charge in [0.05, 0.1) is 12.6 Å². The molecule has 1 unspecified atom stereocenters. The van der Waals surface area contributed by atoms with Gasteiger partial charge in [0.1, 0.15) is 0 Å². The highest BCUT2D eigenvalue weighted by atomic mass is 15.5. The minimum atomic E-state index is 0.227. The first-order chi connectivity index (χ1) is 15.9. The molecule has 0 spiro atoms. The zero-order valence-corrected chi connectivity index (χ0v) is 18.8. The van der Waals surface area contributed by atoms with Crippen LogP contribution in [0.3, 0.4) is 0 Å². The van der Waals surface area contributed by atoms with Gasteiger partial charge >= 0.3 is 0 Å². The molecule has 0 bridgehead atoms. The van der Waals surface area contributed by atoms with Crippen LogP contribution in [0, 0.1) is 0 Å². The van der Waals surface area contributed by atoms with Crippen LogP contribution >= 0.6 is 0 Å². The molecule has 2 fully saturated rings. The first-order valence-electron chi connectivity index (χ1n) is 12.1. The molecule has 0 amide bonds. The van der Waals surface area contributed by atoms with Crippen LogP contribution in [0.4, 0.5) is 0 Å². The minimum absolute atomic E-state index is 0.227. The summed E-state index contributed by atoms with van der Waals surface area (Å²) >= 11 is 0. The zero-order chi connectivity index (χ0) is 21.6. The van der Waals surface area contributed by atoms with Crippen LogP contribution in [0.2, 0.25) is 0 Å². The van der Waals surface area contributed by atoms with Gasteiger partial charge in [0.25, 0.3) is 0 Å².